The van der Waals surface area contributed by atoms with Crippen LogP contribution in [0.2, 0.25) is 0 Å². The third-order valence-corrected chi connectivity index (χ3v) is 2.75. The summed E-state index contributed by atoms with van der Waals surface area (Å²) >= 11 is 0. The van der Waals surface area contributed by atoms with Crippen molar-refractivity contribution in [2.75, 3.05) is 13.7 Å². The molecule has 0 fully saturated rings. The van der Waals surface area contributed by atoms with Crippen LogP contribution in [0.1, 0.15) is 24.4 Å². The van der Waals surface area contributed by atoms with E-state index in [4.69, 9.17) is 4.74 Å². The van der Waals surface area contributed by atoms with Crippen LogP contribution >= 0.6 is 0 Å². The smallest absolute Gasteiger partial charge is 0.142 e. The molecular weight excluding hydrogens is 245 g/mol. The van der Waals surface area contributed by atoms with E-state index in [0.29, 0.717) is 11.4 Å². The van der Waals surface area contributed by atoms with Gasteiger partial charge < -0.3 is 10.1 Å². The molecule has 2 rings (SSSR count). The molecule has 0 aromatic carbocycles. The summed E-state index contributed by atoms with van der Waals surface area (Å²) < 4.78 is 18.3. The summed E-state index contributed by atoms with van der Waals surface area (Å²) in [6, 6.07) is 6.47. The van der Waals surface area contributed by atoms with Crippen molar-refractivity contribution >= 4 is 0 Å². The topological polar surface area (TPSA) is 47.0 Å². The molecule has 0 aliphatic carbocycles. The fraction of sp³-hybridized carbons (Fsp3) is 0.286. The van der Waals surface area contributed by atoms with E-state index < -0.39 is 0 Å². The van der Waals surface area contributed by atoms with E-state index in [2.05, 4.69) is 15.3 Å². The third kappa shape index (κ3) is 3.06. The third-order valence-electron chi connectivity index (χ3n) is 2.75. The molecular formula is C14H16FN3O. The number of ether oxygens (including phenoxy) is 1. The number of methoxy groups -OCH3 is 1. The number of nitrogens with one attached hydrogen (secondary N) is 1. The van der Waals surface area contributed by atoms with Crippen LogP contribution in [0.15, 0.2) is 36.7 Å². The molecule has 0 spiro atoms. The average Bonchev–Trinajstić information content (AvgIpc) is 2.46. The zero-order chi connectivity index (χ0) is 13.7. The number of pyridine rings is 2. The predicted octanol–water partition coefficient (Wildman–Crippen LogP) is 2.32. The minimum atomic E-state index is -0.355. The second-order valence-corrected chi connectivity index (χ2v) is 3.98. The molecule has 1 N–H and O–H groups in total. The Kier molecular flexibility index (Phi) is 4.41. The zero-order valence-corrected chi connectivity index (χ0v) is 10.9. The van der Waals surface area contributed by atoms with Crippen molar-refractivity contribution in [2.24, 2.45) is 0 Å². The highest BCUT2D eigenvalue weighted by atomic mass is 19.1. The molecule has 0 aliphatic heterocycles. The van der Waals surface area contributed by atoms with E-state index >= 15 is 0 Å². The van der Waals surface area contributed by atoms with Gasteiger partial charge in [0.2, 0.25) is 0 Å². The van der Waals surface area contributed by atoms with Crippen molar-refractivity contribution in [3.8, 4) is 5.75 Å². The Bertz CT molecular complexity index is 530. The summed E-state index contributed by atoms with van der Waals surface area (Å²) in [4.78, 5) is 8.46. The molecule has 2 heterocycles. The lowest BCUT2D eigenvalue weighted by atomic mass is 10.1. The zero-order valence-electron chi connectivity index (χ0n) is 10.9. The molecule has 0 radical (unpaired) electrons. The van der Waals surface area contributed by atoms with Crippen molar-refractivity contribution in [1.29, 1.82) is 0 Å². The quantitative estimate of drug-likeness (QED) is 0.897. The molecule has 2 aromatic heterocycles. The monoisotopic (exact) mass is 261 g/mol. The van der Waals surface area contributed by atoms with E-state index in [1.807, 2.05) is 19.1 Å². The van der Waals surface area contributed by atoms with Crippen LogP contribution in [-0.2, 0) is 0 Å². The first-order valence-corrected chi connectivity index (χ1v) is 6.10. The Morgan fingerprint density at radius 2 is 2.16 bits per heavy atom. The molecule has 0 bridgehead atoms. The van der Waals surface area contributed by atoms with Gasteiger partial charge in [0.25, 0.3) is 0 Å². The molecule has 2 aromatic rings. The van der Waals surface area contributed by atoms with E-state index in [-0.39, 0.29) is 11.9 Å². The lowest BCUT2D eigenvalue weighted by molar-refractivity contribution is 0.399. The van der Waals surface area contributed by atoms with Gasteiger partial charge in [-0.15, -0.1) is 0 Å². The van der Waals surface area contributed by atoms with Crippen LogP contribution < -0.4 is 10.1 Å². The van der Waals surface area contributed by atoms with E-state index in [9.17, 15) is 4.39 Å². The van der Waals surface area contributed by atoms with Crippen LogP contribution in [0, 0.1) is 5.82 Å². The molecule has 0 saturated heterocycles. The molecule has 5 heteroatoms. The molecule has 19 heavy (non-hydrogen) atoms. The van der Waals surface area contributed by atoms with Gasteiger partial charge in [-0.1, -0.05) is 6.92 Å². The fourth-order valence-electron chi connectivity index (χ4n) is 1.90. The Labute approximate surface area is 111 Å². The number of hydrogen-bond donors (Lipinski definition) is 1. The van der Waals surface area contributed by atoms with Gasteiger partial charge >= 0.3 is 0 Å². The standard InChI is InChI=1S/C14H16FN3O/c1-3-16-13(11-7-6-10(15)9-18-11)14-12(19-2)5-4-8-17-14/h4-9,13,16H,3H2,1-2H3. The largest absolute Gasteiger partial charge is 0.495 e. The van der Waals surface area contributed by atoms with Crippen LogP contribution in [0.4, 0.5) is 4.39 Å². The van der Waals surface area contributed by atoms with Crippen LogP contribution in [0.5, 0.6) is 5.75 Å². The molecule has 0 saturated carbocycles. The van der Waals surface area contributed by atoms with Crippen molar-refractivity contribution in [3.63, 3.8) is 0 Å². The van der Waals surface area contributed by atoms with Gasteiger partial charge in [0.15, 0.2) is 0 Å². The van der Waals surface area contributed by atoms with Gasteiger partial charge in [0.1, 0.15) is 17.3 Å². The van der Waals surface area contributed by atoms with Gasteiger partial charge in [0, 0.05) is 6.20 Å². The van der Waals surface area contributed by atoms with Gasteiger partial charge in [-0.25, -0.2) is 4.39 Å². The maximum absolute atomic E-state index is 13.0. The van der Waals surface area contributed by atoms with Crippen molar-refractivity contribution in [1.82, 2.24) is 15.3 Å². The average molecular weight is 261 g/mol. The van der Waals surface area contributed by atoms with Crippen LogP contribution in [0.25, 0.3) is 0 Å². The molecule has 0 aliphatic rings. The fourth-order valence-corrected chi connectivity index (χ4v) is 1.90. The first kappa shape index (κ1) is 13.4. The summed E-state index contributed by atoms with van der Waals surface area (Å²) in [7, 11) is 1.60. The first-order chi connectivity index (χ1) is 9.26. The second-order valence-electron chi connectivity index (χ2n) is 3.98. The molecule has 100 valence electrons. The highest BCUT2D eigenvalue weighted by Crippen LogP contribution is 2.26. The number of nitrogens with zero attached hydrogens (tertiary/aromatic N) is 2. The lowest BCUT2D eigenvalue weighted by Gasteiger charge is -2.19. The van der Waals surface area contributed by atoms with Crippen molar-refractivity contribution in [3.05, 3.63) is 53.9 Å². The number of rotatable bonds is 5. The van der Waals surface area contributed by atoms with Crippen molar-refractivity contribution < 1.29 is 9.13 Å². The van der Waals surface area contributed by atoms with E-state index in [0.717, 1.165) is 12.2 Å². The summed E-state index contributed by atoms with van der Waals surface area (Å²) in [5, 5.41) is 3.28. The van der Waals surface area contributed by atoms with Crippen LogP contribution in [0.3, 0.4) is 0 Å². The molecule has 1 unspecified atom stereocenters. The van der Waals surface area contributed by atoms with E-state index in [1.54, 1.807) is 19.4 Å². The maximum atomic E-state index is 13.0. The highest BCUT2D eigenvalue weighted by molar-refractivity contribution is 5.34. The summed E-state index contributed by atoms with van der Waals surface area (Å²) in [6.07, 6.45) is 2.90. The Balaban J connectivity index is 2.42. The Morgan fingerprint density at radius 3 is 2.79 bits per heavy atom. The van der Waals surface area contributed by atoms with Crippen molar-refractivity contribution in [2.45, 2.75) is 13.0 Å². The number of hydrogen-bond acceptors (Lipinski definition) is 4. The van der Waals surface area contributed by atoms with Gasteiger partial charge in [-0.2, -0.15) is 0 Å². The number of halogens is 1. The predicted molar refractivity (Wildman–Crippen MR) is 70.5 cm³/mol. The Morgan fingerprint density at radius 1 is 1.32 bits per heavy atom. The lowest BCUT2D eigenvalue weighted by Crippen LogP contribution is -2.24. The summed E-state index contributed by atoms with van der Waals surface area (Å²) in [5.41, 5.74) is 1.45. The van der Waals surface area contributed by atoms with Crippen LogP contribution in [-0.4, -0.2) is 23.6 Å². The highest BCUT2D eigenvalue weighted by Gasteiger charge is 2.19. The maximum Gasteiger partial charge on any atom is 0.142 e. The van der Waals surface area contributed by atoms with Gasteiger partial charge in [-0.3, -0.25) is 9.97 Å². The Hall–Kier alpha value is -2.01. The first-order valence-electron chi connectivity index (χ1n) is 6.10. The minimum absolute atomic E-state index is 0.221. The summed E-state index contributed by atoms with van der Waals surface area (Å²) in [6.45, 7) is 2.73. The second kappa shape index (κ2) is 6.24. The molecule has 1 atom stereocenters. The SMILES string of the molecule is CCNC(c1ccc(F)cn1)c1ncccc1OC. The molecule has 0 amide bonds. The van der Waals surface area contributed by atoms with E-state index in [1.165, 1.54) is 12.3 Å². The molecule has 4 nitrogen and oxygen atoms in total. The van der Waals surface area contributed by atoms with Gasteiger partial charge in [-0.05, 0) is 30.8 Å². The normalized spacial score (nSPS) is 12.2. The number of aromatic nitrogens is 2. The minimum Gasteiger partial charge on any atom is -0.495 e. The summed E-state index contributed by atoms with van der Waals surface area (Å²) in [5.74, 6) is 0.326. The van der Waals surface area contributed by atoms with Gasteiger partial charge in [0.05, 0.1) is 25.0 Å².